The van der Waals surface area contributed by atoms with E-state index in [1.807, 2.05) is 36.4 Å². The summed E-state index contributed by atoms with van der Waals surface area (Å²) in [5, 5.41) is 10.5. The number of pyridine rings is 1. The summed E-state index contributed by atoms with van der Waals surface area (Å²) >= 11 is 3.42. The van der Waals surface area contributed by atoms with Crippen molar-refractivity contribution in [2.45, 2.75) is 12.8 Å². The van der Waals surface area contributed by atoms with Crippen LogP contribution in [0, 0.1) is 0 Å². The van der Waals surface area contributed by atoms with Crippen molar-refractivity contribution in [1.29, 1.82) is 0 Å². The molecule has 0 saturated carbocycles. The lowest BCUT2D eigenvalue weighted by molar-refractivity contribution is 0.0698. The zero-order valence-corrected chi connectivity index (χ0v) is 14.6. The van der Waals surface area contributed by atoms with E-state index in [1.54, 1.807) is 7.11 Å². The summed E-state index contributed by atoms with van der Waals surface area (Å²) in [7, 11) is 1.62. The first-order valence-corrected chi connectivity index (χ1v) is 8.40. The van der Waals surface area contributed by atoms with E-state index < -0.39 is 5.97 Å². The van der Waals surface area contributed by atoms with Crippen LogP contribution in [0.5, 0.6) is 5.75 Å². The molecule has 1 N–H and O–H groups in total. The second kappa shape index (κ2) is 5.60. The third-order valence-corrected chi connectivity index (χ3v) is 4.97. The molecule has 0 spiro atoms. The zero-order chi connectivity index (χ0) is 16.8. The van der Waals surface area contributed by atoms with E-state index in [0.29, 0.717) is 22.9 Å². The van der Waals surface area contributed by atoms with Crippen molar-refractivity contribution in [3.05, 3.63) is 57.6 Å². The first-order chi connectivity index (χ1) is 11.6. The number of halogens is 1. The number of aromatic nitrogens is 1. The van der Waals surface area contributed by atoms with Crippen molar-refractivity contribution >= 4 is 32.8 Å². The molecule has 1 aromatic heterocycles. The molecular weight excluding hydrogens is 370 g/mol. The molecule has 0 unspecified atom stereocenters. The molecule has 4 nitrogen and oxygen atoms in total. The number of rotatable bonds is 2. The molecule has 2 aromatic carbocycles. The maximum atomic E-state index is 12.0. The number of fused-ring (bicyclic) bond motifs is 4. The van der Waals surface area contributed by atoms with Crippen molar-refractivity contribution in [1.82, 2.24) is 4.98 Å². The van der Waals surface area contributed by atoms with Crippen molar-refractivity contribution in [3.8, 4) is 17.0 Å². The maximum absolute atomic E-state index is 12.0. The molecule has 0 fully saturated rings. The molecule has 1 aliphatic carbocycles. The van der Waals surface area contributed by atoms with Crippen molar-refractivity contribution in [2.75, 3.05) is 7.11 Å². The van der Waals surface area contributed by atoms with Gasteiger partial charge in [-0.05, 0) is 54.3 Å². The van der Waals surface area contributed by atoms with Crippen LogP contribution in [0.2, 0.25) is 0 Å². The zero-order valence-electron chi connectivity index (χ0n) is 13.0. The lowest BCUT2D eigenvalue weighted by Gasteiger charge is -2.22. The number of benzene rings is 2. The van der Waals surface area contributed by atoms with E-state index >= 15 is 0 Å². The highest BCUT2D eigenvalue weighted by molar-refractivity contribution is 9.10. The van der Waals surface area contributed by atoms with Gasteiger partial charge in [-0.2, -0.15) is 0 Å². The van der Waals surface area contributed by atoms with Crippen LogP contribution in [0.4, 0.5) is 0 Å². The number of nitrogens with zero attached hydrogens (tertiary/aromatic N) is 1. The molecule has 4 rings (SSSR count). The summed E-state index contributed by atoms with van der Waals surface area (Å²) in [5.41, 5.74) is 4.72. The minimum atomic E-state index is -0.914. The molecule has 0 atom stereocenters. The topological polar surface area (TPSA) is 59.4 Å². The van der Waals surface area contributed by atoms with E-state index in [0.717, 1.165) is 33.5 Å². The Morgan fingerprint density at radius 2 is 2.04 bits per heavy atom. The van der Waals surface area contributed by atoms with E-state index in [4.69, 9.17) is 9.72 Å². The van der Waals surface area contributed by atoms with Gasteiger partial charge in [0.15, 0.2) is 0 Å². The van der Waals surface area contributed by atoms with Gasteiger partial charge in [0.1, 0.15) is 5.75 Å². The Hall–Kier alpha value is -2.40. The second-order valence-corrected chi connectivity index (χ2v) is 6.72. The Morgan fingerprint density at radius 1 is 1.21 bits per heavy atom. The highest BCUT2D eigenvalue weighted by Gasteiger charge is 2.26. The van der Waals surface area contributed by atoms with Gasteiger partial charge in [-0.3, -0.25) is 0 Å². The van der Waals surface area contributed by atoms with Crippen LogP contribution in [-0.4, -0.2) is 23.2 Å². The highest BCUT2D eigenvalue weighted by Crippen LogP contribution is 2.39. The van der Waals surface area contributed by atoms with Gasteiger partial charge < -0.3 is 9.84 Å². The Morgan fingerprint density at radius 3 is 2.79 bits per heavy atom. The Kier molecular flexibility index (Phi) is 3.53. The van der Waals surface area contributed by atoms with Gasteiger partial charge in [0.25, 0.3) is 0 Å². The Labute approximate surface area is 147 Å². The SMILES string of the molecule is COc1ccc2c(c1)-c1nc3ccc(Br)cc3c(C(=O)O)c1CC2. The third kappa shape index (κ3) is 2.27. The van der Waals surface area contributed by atoms with Crippen LogP contribution in [0.3, 0.4) is 0 Å². The van der Waals surface area contributed by atoms with Crippen LogP contribution in [-0.2, 0) is 12.8 Å². The average Bonchev–Trinajstić information content (AvgIpc) is 2.58. The maximum Gasteiger partial charge on any atom is 0.336 e. The molecule has 0 radical (unpaired) electrons. The van der Waals surface area contributed by atoms with E-state index in [9.17, 15) is 9.90 Å². The van der Waals surface area contributed by atoms with Crippen LogP contribution < -0.4 is 4.74 Å². The minimum absolute atomic E-state index is 0.352. The number of aromatic carboxylic acids is 1. The molecule has 0 aliphatic heterocycles. The summed E-state index contributed by atoms with van der Waals surface area (Å²) in [4.78, 5) is 16.7. The normalized spacial score (nSPS) is 12.6. The number of hydrogen-bond donors (Lipinski definition) is 1. The highest BCUT2D eigenvalue weighted by atomic mass is 79.9. The second-order valence-electron chi connectivity index (χ2n) is 5.80. The van der Waals surface area contributed by atoms with Gasteiger partial charge in [0.05, 0.1) is 23.9 Å². The summed E-state index contributed by atoms with van der Waals surface area (Å²) in [6.45, 7) is 0. The minimum Gasteiger partial charge on any atom is -0.497 e. The van der Waals surface area contributed by atoms with Gasteiger partial charge >= 0.3 is 5.97 Å². The van der Waals surface area contributed by atoms with Gasteiger partial charge in [-0.1, -0.05) is 22.0 Å². The summed E-state index contributed by atoms with van der Waals surface area (Å²) < 4.78 is 6.17. The number of ether oxygens (including phenoxy) is 1. The van der Waals surface area contributed by atoms with E-state index in [1.165, 1.54) is 5.56 Å². The fourth-order valence-corrected chi connectivity index (χ4v) is 3.73. The standard InChI is InChI=1S/C19H14BrNO3/c1-24-12-5-2-10-3-6-13-17(19(22)23)15-8-11(20)4-7-16(15)21-18(13)14(10)9-12/h2,4-5,7-9H,3,6H2,1H3,(H,22,23). The van der Waals surface area contributed by atoms with Gasteiger partial charge in [0, 0.05) is 15.4 Å². The fraction of sp³-hybridized carbons (Fsp3) is 0.158. The van der Waals surface area contributed by atoms with E-state index in [2.05, 4.69) is 15.9 Å². The first kappa shape index (κ1) is 15.1. The molecule has 3 aromatic rings. The van der Waals surface area contributed by atoms with Crippen LogP contribution >= 0.6 is 15.9 Å². The number of aryl methyl sites for hydroxylation is 1. The number of methoxy groups -OCH3 is 1. The summed E-state index contributed by atoms with van der Waals surface area (Å²) in [6.07, 6.45) is 1.47. The predicted molar refractivity (Wildman–Crippen MR) is 95.8 cm³/mol. The molecule has 5 heteroatoms. The molecule has 24 heavy (non-hydrogen) atoms. The average molecular weight is 384 g/mol. The van der Waals surface area contributed by atoms with Gasteiger partial charge in [-0.25, -0.2) is 9.78 Å². The lowest BCUT2D eigenvalue weighted by Crippen LogP contribution is -2.13. The number of carbonyl (C=O) groups is 1. The van der Waals surface area contributed by atoms with Crippen molar-refractivity contribution < 1.29 is 14.6 Å². The lowest BCUT2D eigenvalue weighted by atomic mass is 9.85. The molecule has 1 heterocycles. The van der Waals surface area contributed by atoms with Gasteiger partial charge in [0.2, 0.25) is 0 Å². The smallest absolute Gasteiger partial charge is 0.336 e. The monoisotopic (exact) mass is 383 g/mol. The predicted octanol–water partition coefficient (Wildman–Crippen LogP) is 4.47. The third-order valence-electron chi connectivity index (χ3n) is 4.48. The van der Waals surface area contributed by atoms with Crippen LogP contribution in [0.15, 0.2) is 40.9 Å². The number of hydrogen-bond acceptors (Lipinski definition) is 3. The van der Waals surface area contributed by atoms with Gasteiger partial charge in [-0.15, -0.1) is 0 Å². The Balaban J connectivity index is 2.10. The van der Waals surface area contributed by atoms with E-state index in [-0.39, 0.29) is 0 Å². The molecule has 0 saturated heterocycles. The van der Waals surface area contributed by atoms with Crippen molar-refractivity contribution in [3.63, 3.8) is 0 Å². The molecule has 0 bridgehead atoms. The molecule has 120 valence electrons. The number of carboxylic acids is 1. The first-order valence-electron chi connectivity index (χ1n) is 7.61. The summed E-state index contributed by atoms with van der Waals surface area (Å²) in [5.74, 6) is -0.167. The molecule has 0 amide bonds. The van der Waals surface area contributed by atoms with Crippen LogP contribution in [0.25, 0.3) is 22.2 Å². The Bertz CT molecular complexity index is 998. The molecule has 1 aliphatic rings. The number of carboxylic acid groups (broad SMARTS) is 1. The van der Waals surface area contributed by atoms with Crippen molar-refractivity contribution in [2.24, 2.45) is 0 Å². The fourth-order valence-electron chi connectivity index (χ4n) is 3.37. The van der Waals surface area contributed by atoms with Crippen LogP contribution in [0.1, 0.15) is 21.5 Å². The molecular formula is C19H14BrNO3. The largest absolute Gasteiger partial charge is 0.497 e. The quantitative estimate of drug-likeness (QED) is 0.708. The summed E-state index contributed by atoms with van der Waals surface area (Å²) in [6, 6.07) is 11.5.